The van der Waals surface area contributed by atoms with E-state index < -0.39 is 0 Å². The molecular weight excluding hydrogens is 244 g/mol. The first-order valence-electron chi connectivity index (χ1n) is 4.22. The van der Waals surface area contributed by atoms with E-state index in [9.17, 15) is 0 Å². The zero-order valence-corrected chi connectivity index (χ0v) is 10.1. The molecule has 0 aliphatic rings. The van der Waals surface area contributed by atoms with Crippen molar-refractivity contribution in [2.75, 3.05) is 11.1 Å². The number of benzene rings is 1. The Morgan fingerprint density at radius 1 is 1.38 bits per heavy atom. The van der Waals surface area contributed by atoms with Gasteiger partial charge in [-0.2, -0.15) is 0 Å². The van der Waals surface area contributed by atoms with Crippen LogP contribution in [-0.4, -0.2) is 11.1 Å². The molecule has 0 aliphatic heterocycles. The smallest absolute Gasteiger partial charge is 0.0239 e. The summed E-state index contributed by atoms with van der Waals surface area (Å²) in [6.07, 6.45) is 2.26. The third-order valence-corrected chi connectivity index (χ3v) is 3.46. The Morgan fingerprint density at radius 2 is 2.08 bits per heavy atom. The van der Waals surface area contributed by atoms with Gasteiger partial charge in [-0.25, -0.2) is 0 Å². The molecule has 2 heteroatoms. The number of hydrogen-bond donors (Lipinski definition) is 0. The van der Waals surface area contributed by atoms with Gasteiger partial charge in [-0.15, -0.1) is 11.8 Å². The number of allylic oxidation sites excluding steroid dienone is 1. The lowest BCUT2D eigenvalue weighted by Crippen LogP contribution is -1.79. The topological polar surface area (TPSA) is 0 Å². The van der Waals surface area contributed by atoms with Gasteiger partial charge in [-0.05, 0) is 19.1 Å². The molecule has 1 aromatic rings. The average Bonchev–Trinajstić information content (AvgIpc) is 2.19. The van der Waals surface area contributed by atoms with Gasteiger partial charge in [0.05, 0.1) is 0 Å². The van der Waals surface area contributed by atoms with Crippen molar-refractivity contribution in [3.8, 4) is 0 Å². The molecule has 13 heavy (non-hydrogen) atoms. The maximum atomic E-state index is 3.42. The Labute approximate surface area is 92.6 Å². The zero-order valence-electron chi connectivity index (χ0n) is 7.66. The van der Waals surface area contributed by atoms with E-state index in [2.05, 4.69) is 53.2 Å². The standard InChI is InChI=1S/C11H13BrS/c1-10(9-12)7-8-13-11-5-3-2-4-6-11/h2-7H,8-9H2,1H3/b10-7+. The Morgan fingerprint density at radius 3 is 2.69 bits per heavy atom. The molecule has 0 unspecified atom stereocenters. The van der Waals surface area contributed by atoms with Crippen molar-refractivity contribution >= 4 is 27.7 Å². The zero-order chi connectivity index (χ0) is 9.52. The van der Waals surface area contributed by atoms with Gasteiger partial charge in [0, 0.05) is 16.0 Å². The van der Waals surface area contributed by atoms with Crippen LogP contribution in [0, 0.1) is 0 Å². The predicted octanol–water partition coefficient (Wildman–Crippen LogP) is 4.12. The van der Waals surface area contributed by atoms with E-state index in [4.69, 9.17) is 0 Å². The predicted molar refractivity (Wildman–Crippen MR) is 64.7 cm³/mol. The van der Waals surface area contributed by atoms with Crippen LogP contribution in [0.4, 0.5) is 0 Å². The number of alkyl halides is 1. The fraction of sp³-hybridized carbons (Fsp3) is 0.273. The molecule has 70 valence electrons. The first-order valence-corrected chi connectivity index (χ1v) is 6.33. The summed E-state index contributed by atoms with van der Waals surface area (Å²) in [4.78, 5) is 1.33. The molecular formula is C11H13BrS. The van der Waals surface area contributed by atoms with Crippen LogP contribution >= 0.6 is 27.7 Å². The van der Waals surface area contributed by atoms with Crippen LogP contribution in [-0.2, 0) is 0 Å². The lowest BCUT2D eigenvalue weighted by atomic mass is 10.3. The fourth-order valence-corrected chi connectivity index (χ4v) is 1.99. The molecule has 0 nitrogen and oxygen atoms in total. The van der Waals surface area contributed by atoms with Crippen LogP contribution in [0.3, 0.4) is 0 Å². The molecule has 0 heterocycles. The molecule has 0 aromatic heterocycles. The molecule has 1 rings (SSSR count). The number of thioether (sulfide) groups is 1. The molecule has 0 amide bonds. The van der Waals surface area contributed by atoms with Gasteiger partial charge in [-0.1, -0.05) is 45.8 Å². The molecule has 0 atom stereocenters. The Hall–Kier alpha value is -0.210. The van der Waals surface area contributed by atoms with E-state index in [0.29, 0.717) is 0 Å². The quantitative estimate of drug-likeness (QED) is 0.444. The molecule has 0 bridgehead atoms. The van der Waals surface area contributed by atoms with Gasteiger partial charge in [0.15, 0.2) is 0 Å². The van der Waals surface area contributed by atoms with Crippen molar-refractivity contribution in [1.82, 2.24) is 0 Å². The minimum absolute atomic E-state index is 0.975. The SMILES string of the molecule is C/C(=C\CSc1ccccc1)CBr. The number of hydrogen-bond acceptors (Lipinski definition) is 1. The largest absolute Gasteiger partial charge is 0.122 e. The third-order valence-electron chi connectivity index (χ3n) is 1.64. The Kier molecular flexibility index (Phi) is 5.25. The first kappa shape index (κ1) is 10.9. The molecule has 0 fully saturated rings. The van der Waals surface area contributed by atoms with Crippen LogP contribution in [0.2, 0.25) is 0 Å². The number of halogens is 1. The fourth-order valence-electron chi connectivity index (χ4n) is 0.851. The average molecular weight is 257 g/mol. The van der Waals surface area contributed by atoms with Gasteiger partial charge in [0.25, 0.3) is 0 Å². The second-order valence-corrected chi connectivity index (χ2v) is 4.46. The summed E-state index contributed by atoms with van der Waals surface area (Å²) in [7, 11) is 0. The lowest BCUT2D eigenvalue weighted by molar-refractivity contribution is 1.39. The van der Waals surface area contributed by atoms with Gasteiger partial charge in [-0.3, -0.25) is 0 Å². The van der Waals surface area contributed by atoms with Crippen LogP contribution in [0.15, 0.2) is 46.9 Å². The van der Waals surface area contributed by atoms with Crippen molar-refractivity contribution in [3.05, 3.63) is 42.0 Å². The monoisotopic (exact) mass is 256 g/mol. The van der Waals surface area contributed by atoms with Crippen LogP contribution in [0.1, 0.15) is 6.92 Å². The molecule has 0 radical (unpaired) electrons. The highest BCUT2D eigenvalue weighted by Gasteiger charge is 1.90. The first-order chi connectivity index (χ1) is 6.33. The number of rotatable bonds is 4. The summed E-state index contributed by atoms with van der Waals surface area (Å²) in [6.45, 7) is 2.14. The Bertz CT molecular complexity index is 267. The maximum absolute atomic E-state index is 3.42. The van der Waals surface area contributed by atoms with Crippen molar-refractivity contribution in [2.24, 2.45) is 0 Å². The summed E-state index contributed by atoms with van der Waals surface area (Å²) in [5.41, 5.74) is 1.39. The van der Waals surface area contributed by atoms with Gasteiger partial charge < -0.3 is 0 Å². The summed E-state index contributed by atoms with van der Waals surface area (Å²) in [5, 5.41) is 0.975. The van der Waals surface area contributed by atoms with Crippen molar-refractivity contribution in [3.63, 3.8) is 0 Å². The maximum Gasteiger partial charge on any atom is 0.0239 e. The summed E-state index contributed by atoms with van der Waals surface area (Å²) >= 11 is 5.29. The highest BCUT2D eigenvalue weighted by molar-refractivity contribution is 9.09. The van der Waals surface area contributed by atoms with E-state index in [-0.39, 0.29) is 0 Å². The minimum atomic E-state index is 0.975. The highest BCUT2D eigenvalue weighted by Crippen LogP contribution is 2.17. The van der Waals surface area contributed by atoms with Crippen LogP contribution < -0.4 is 0 Å². The molecule has 0 saturated carbocycles. The van der Waals surface area contributed by atoms with E-state index in [1.807, 2.05) is 17.8 Å². The lowest BCUT2D eigenvalue weighted by Gasteiger charge is -1.97. The Balaban J connectivity index is 2.36. The highest BCUT2D eigenvalue weighted by atomic mass is 79.9. The molecule has 0 aliphatic carbocycles. The van der Waals surface area contributed by atoms with Crippen LogP contribution in [0.25, 0.3) is 0 Å². The molecule has 1 aromatic carbocycles. The van der Waals surface area contributed by atoms with E-state index in [1.54, 1.807) is 0 Å². The molecule has 0 N–H and O–H groups in total. The molecule has 0 saturated heterocycles. The summed E-state index contributed by atoms with van der Waals surface area (Å²) in [5.74, 6) is 1.06. The van der Waals surface area contributed by atoms with E-state index in [0.717, 1.165) is 11.1 Å². The normalized spacial score (nSPS) is 11.7. The van der Waals surface area contributed by atoms with E-state index >= 15 is 0 Å². The molecule has 0 spiro atoms. The van der Waals surface area contributed by atoms with Crippen molar-refractivity contribution in [1.29, 1.82) is 0 Å². The van der Waals surface area contributed by atoms with Crippen molar-refractivity contribution < 1.29 is 0 Å². The second-order valence-electron chi connectivity index (χ2n) is 2.81. The third kappa shape index (κ3) is 4.53. The van der Waals surface area contributed by atoms with Crippen LogP contribution in [0.5, 0.6) is 0 Å². The van der Waals surface area contributed by atoms with Gasteiger partial charge in [0.1, 0.15) is 0 Å². The minimum Gasteiger partial charge on any atom is -0.122 e. The van der Waals surface area contributed by atoms with Gasteiger partial charge in [0.2, 0.25) is 0 Å². The van der Waals surface area contributed by atoms with E-state index in [1.165, 1.54) is 10.5 Å². The van der Waals surface area contributed by atoms with Gasteiger partial charge >= 0.3 is 0 Å². The van der Waals surface area contributed by atoms with Crippen molar-refractivity contribution in [2.45, 2.75) is 11.8 Å². The second kappa shape index (κ2) is 6.28. The summed E-state index contributed by atoms with van der Waals surface area (Å²) < 4.78 is 0. The summed E-state index contributed by atoms with van der Waals surface area (Å²) in [6, 6.07) is 10.5.